The first-order valence-electron chi connectivity index (χ1n) is 8.06. The number of thioether (sulfide) groups is 1. The van der Waals surface area contributed by atoms with Crippen molar-refractivity contribution < 1.29 is 4.79 Å². The normalized spacial score (nSPS) is 28.6. The van der Waals surface area contributed by atoms with Crippen molar-refractivity contribution in [2.45, 2.75) is 23.6 Å². The second-order valence-electron chi connectivity index (χ2n) is 6.40. The topological polar surface area (TPSA) is 58.4 Å². The van der Waals surface area contributed by atoms with Gasteiger partial charge >= 0.3 is 0 Å². The Morgan fingerprint density at radius 2 is 2.05 bits per heavy atom. The van der Waals surface area contributed by atoms with Crippen molar-refractivity contribution in [1.82, 2.24) is 10.2 Å². The predicted octanol–water partition coefficient (Wildman–Crippen LogP) is 1.63. The number of nitrogens with two attached hydrogens (primary N) is 1. The maximum atomic E-state index is 12.4. The first kappa shape index (κ1) is 15.8. The average Bonchev–Trinajstić information content (AvgIpc) is 3.01. The zero-order valence-corrected chi connectivity index (χ0v) is 13.9. The van der Waals surface area contributed by atoms with Crippen LogP contribution in [0.25, 0.3) is 0 Å². The average molecular weight is 319 g/mol. The van der Waals surface area contributed by atoms with E-state index in [1.165, 1.54) is 5.56 Å². The van der Waals surface area contributed by atoms with Crippen LogP contribution in [0, 0.1) is 5.92 Å². The van der Waals surface area contributed by atoms with Gasteiger partial charge in [0.2, 0.25) is 5.91 Å². The molecular formula is C17H25N3OS. The molecule has 4 nitrogen and oxygen atoms in total. The molecule has 5 heteroatoms. The van der Waals surface area contributed by atoms with Crippen molar-refractivity contribution in [3.05, 3.63) is 35.9 Å². The van der Waals surface area contributed by atoms with Gasteiger partial charge in [-0.2, -0.15) is 0 Å². The fourth-order valence-corrected chi connectivity index (χ4v) is 5.25. The molecule has 3 N–H and O–H groups in total. The molecule has 1 aromatic carbocycles. The highest BCUT2D eigenvalue weighted by atomic mass is 32.2. The number of hydrogen-bond acceptors (Lipinski definition) is 4. The first-order valence-corrected chi connectivity index (χ1v) is 9.04. The lowest BCUT2D eigenvalue weighted by atomic mass is 9.75. The second kappa shape index (κ2) is 6.60. The summed E-state index contributed by atoms with van der Waals surface area (Å²) in [6, 6.07) is 10.4. The number of carbonyl (C=O) groups is 1. The molecule has 2 saturated heterocycles. The summed E-state index contributed by atoms with van der Waals surface area (Å²) in [5.74, 6) is 1.36. The Hall–Kier alpha value is -1.04. The molecule has 0 saturated carbocycles. The van der Waals surface area contributed by atoms with Gasteiger partial charge in [-0.3, -0.25) is 10.1 Å². The number of amides is 1. The molecule has 0 bridgehead atoms. The van der Waals surface area contributed by atoms with E-state index in [0.717, 1.165) is 38.2 Å². The number of carbonyl (C=O) groups excluding carboxylic acids is 1. The number of benzene rings is 1. The Labute approximate surface area is 136 Å². The van der Waals surface area contributed by atoms with Crippen LogP contribution < -0.4 is 11.1 Å². The third-order valence-electron chi connectivity index (χ3n) is 5.02. The van der Waals surface area contributed by atoms with Gasteiger partial charge in [0.25, 0.3) is 0 Å². The van der Waals surface area contributed by atoms with E-state index in [2.05, 4.69) is 41.5 Å². The Morgan fingerprint density at radius 3 is 2.59 bits per heavy atom. The second-order valence-corrected chi connectivity index (χ2v) is 7.75. The fraction of sp³-hybridized carbons (Fsp3) is 0.588. The molecule has 22 heavy (non-hydrogen) atoms. The highest BCUT2D eigenvalue weighted by molar-refractivity contribution is 8.01. The molecule has 0 spiro atoms. The van der Waals surface area contributed by atoms with Crippen LogP contribution in [0.4, 0.5) is 0 Å². The molecule has 2 aliphatic heterocycles. The van der Waals surface area contributed by atoms with Gasteiger partial charge in [-0.05, 0) is 44.5 Å². The quantitative estimate of drug-likeness (QED) is 0.886. The number of nitrogens with zero attached hydrogens (tertiary/aromatic N) is 1. The van der Waals surface area contributed by atoms with Gasteiger partial charge in [-0.1, -0.05) is 30.3 Å². The van der Waals surface area contributed by atoms with Gasteiger partial charge in [0, 0.05) is 18.2 Å². The summed E-state index contributed by atoms with van der Waals surface area (Å²) in [5.41, 5.74) is 7.11. The van der Waals surface area contributed by atoms with Crippen molar-refractivity contribution in [2.75, 3.05) is 32.4 Å². The number of piperidine rings is 1. The maximum Gasteiger partial charge on any atom is 0.248 e. The minimum atomic E-state index is -0.651. The molecule has 1 aromatic rings. The highest BCUT2D eigenvalue weighted by Gasteiger charge is 2.51. The van der Waals surface area contributed by atoms with E-state index < -0.39 is 4.87 Å². The Kier molecular flexibility index (Phi) is 4.76. The standard InChI is InChI=1S/C17H25N3OS/c1-20-10-7-14(8-11-20)15(13-5-3-2-4-6-13)17(16(18)21)19-9-12-22-17/h2-6,14-15,19H,7-12H2,1H3,(H2,18,21)/t15-,17?/m1/s1. The lowest BCUT2D eigenvalue weighted by Crippen LogP contribution is -2.56. The zero-order chi connectivity index (χ0) is 15.6. The molecule has 2 atom stereocenters. The van der Waals surface area contributed by atoms with Crippen LogP contribution in [0.2, 0.25) is 0 Å². The summed E-state index contributed by atoms with van der Waals surface area (Å²) < 4.78 is 0. The minimum absolute atomic E-state index is 0.146. The summed E-state index contributed by atoms with van der Waals surface area (Å²) in [6.07, 6.45) is 2.24. The van der Waals surface area contributed by atoms with Gasteiger partial charge in [0.05, 0.1) is 0 Å². The highest BCUT2D eigenvalue weighted by Crippen LogP contribution is 2.47. The Morgan fingerprint density at radius 1 is 1.36 bits per heavy atom. The van der Waals surface area contributed by atoms with E-state index in [1.54, 1.807) is 11.8 Å². The van der Waals surface area contributed by atoms with Crippen LogP contribution in [0.15, 0.2) is 30.3 Å². The number of nitrogens with one attached hydrogen (secondary N) is 1. The van der Waals surface area contributed by atoms with Gasteiger partial charge in [0.15, 0.2) is 4.87 Å². The molecule has 120 valence electrons. The molecule has 2 heterocycles. The van der Waals surface area contributed by atoms with Crippen LogP contribution in [0.1, 0.15) is 24.3 Å². The minimum Gasteiger partial charge on any atom is -0.367 e. The van der Waals surface area contributed by atoms with Crippen LogP contribution in [-0.2, 0) is 4.79 Å². The Balaban J connectivity index is 1.97. The van der Waals surface area contributed by atoms with Crippen molar-refractivity contribution in [1.29, 1.82) is 0 Å². The monoisotopic (exact) mass is 319 g/mol. The van der Waals surface area contributed by atoms with Gasteiger partial charge in [-0.15, -0.1) is 11.8 Å². The van der Waals surface area contributed by atoms with E-state index in [0.29, 0.717) is 5.92 Å². The summed E-state index contributed by atoms with van der Waals surface area (Å²) in [4.78, 5) is 14.1. The smallest absolute Gasteiger partial charge is 0.248 e. The number of rotatable bonds is 4. The maximum absolute atomic E-state index is 12.4. The molecule has 3 rings (SSSR count). The van der Waals surface area contributed by atoms with Gasteiger partial charge in [0.1, 0.15) is 0 Å². The summed E-state index contributed by atoms with van der Waals surface area (Å²) in [6.45, 7) is 3.03. The predicted molar refractivity (Wildman–Crippen MR) is 91.8 cm³/mol. The zero-order valence-electron chi connectivity index (χ0n) is 13.1. The van der Waals surface area contributed by atoms with E-state index in [9.17, 15) is 4.79 Å². The first-order chi connectivity index (χ1) is 10.6. The third-order valence-corrected chi connectivity index (χ3v) is 6.48. The lowest BCUT2D eigenvalue weighted by Gasteiger charge is -2.42. The molecule has 1 unspecified atom stereocenters. The van der Waals surface area contributed by atoms with Crippen LogP contribution >= 0.6 is 11.8 Å². The fourth-order valence-electron chi connectivity index (χ4n) is 3.87. The molecule has 1 amide bonds. The van der Waals surface area contributed by atoms with Crippen LogP contribution in [-0.4, -0.2) is 48.1 Å². The van der Waals surface area contributed by atoms with Gasteiger partial charge < -0.3 is 10.6 Å². The van der Waals surface area contributed by atoms with E-state index in [4.69, 9.17) is 5.73 Å². The van der Waals surface area contributed by atoms with E-state index in [1.807, 2.05) is 6.07 Å². The van der Waals surface area contributed by atoms with Crippen molar-refractivity contribution >= 4 is 17.7 Å². The molecule has 0 aromatic heterocycles. The van der Waals surface area contributed by atoms with Crippen molar-refractivity contribution in [3.63, 3.8) is 0 Å². The molecule has 2 fully saturated rings. The SMILES string of the molecule is CN1CCC([C@@H](c2ccccc2)C2(C(N)=O)NCCS2)CC1. The number of hydrogen-bond donors (Lipinski definition) is 2. The lowest BCUT2D eigenvalue weighted by molar-refractivity contribution is -0.122. The van der Waals surface area contributed by atoms with Gasteiger partial charge in [-0.25, -0.2) is 0 Å². The molecule has 0 aliphatic carbocycles. The van der Waals surface area contributed by atoms with E-state index in [-0.39, 0.29) is 11.8 Å². The summed E-state index contributed by atoms with van der Waals surface area (Å²) >= 11 is 1.70. The summed E-state index contributed by atoms with van der Waals surface area (Å²) in [7, 11) is 2.17. The van der Waals surface area contributed by atoms with Crippen LogP contribution in [0.5, 0.6) is 0 Å². The van der Waals surface area contributed by atoms with Crippen molar-refractivity contribution in [3.8, 4) is 0 Å². The molecule has 0 radical (unpaired) electrons. The third kappa shape index (κ3) is 2.90. The Bertz CT molecular complexity index is 508. The summed E-state index contributed by atoms with van der Waals surface area (Å²) in [5, 5.41) is 3.45. The van der Waals surface area contributed by atoms with E-state index >= 15 is 0 Å². The molecular weight excluding hydrogens is 294 g/mol. The largest absolute Gasteiger partial charge is 0.367 e. The number of primary amides is 1. The van der Waals surface area contributed by atoms with Crippen LogP contribution in [0.3, 0.4) is 0 Å². The number of likely N-dealkylation sites (tertiary alicyclic amines) is 1. The van der Waals surface area contributed by atoms with Crippen molar-refractivity contribution in [2.24, 2.45) is 11.7 Å². The molecule has 2 aliphatic rings.